The summed E-state index contributed by atoms with van der Waals surface area (Å²) in [7, 11) is 0. The molecule has 1 aliphatic rings. The van der Waals surface area contributed by atoms with E-state index in [9.17, 15) is 19.6 Å². The van der Waals surface area contributed by atoms with Crippen molar-refractivity contribution in [2.45, 2.75) is 90.4 Å². The van der Waals surface area contributed by atoms with Gasteiger partial charge in [0.05, 0.1) is 23.5 Å². The van der Waals surface area contributed by atoms with E-state index in [1.54, 1.807) is 6.20 Å². The third kappa shape index (κ3) is 6.30. The Labute approximate surface area is 257 Å². The van der Waals surface area contributed by atoms with Crippen molar-refractivity contribution in [3.63, 3.8) is 0 Å². The molecule has 1 aliphatic carbocycles. The van der Waals surface area contributed by atoms with Crippen molar-refractivity contribution in [3.05, 3.63) is 93.5 Å². The standard InChI is InChI=1S/C35H38N4O5/c1-5-8-31-30(21-24-11-13-25(14-12-24)29-10-7-6-9-26(29)22-36)33(41)38(32-19-20-37-39(31)32)27-15-17-28(18-16-27)43-34(42)35(3,4)44-23(2)40/h6-7,9-14,19-20,27-28H,5,8,15-18,21H2,1-4H3. The zero-order chi connectivity index (χ0) is 31.4. The van der Waals surface area contributed by atoms with Gasteiger partial charge in [-0.15, -0.1) is 0 Å². The third-order valence-electron chi connectivity index (χ3n) is 8.30. The first-order valence-corrected chi connectivity index (χ1v) is 15.2. The molecule has 0 bridgehead atoms. The number of aryl methyl sites for hydroxylation is 1. The molecule has 0 unspecified atom stereocenters. The molecule has 5 rings (SSSR count). The van der Waals surface area contributed by atoms with E-state index in [1.165, 1.54) is 20.8 Å². The molecule has 9 heteroatoms. The number of nitrogens with zero attached hydrogens (tertiary/aromatic N) is 4. The molecule has 1 saturated carbocycles. The van der Waals surface area contributed by atoms with Crippen LogP contribution in [0, 0.1) is 11.3 Å². The number of ether oxygens (including phenoxy) is 2. The predicted octanol–water partition coefficient (Wildman–Crippen LogP) is 5.95. The number of rotatable bonds is 9. The average molecular weight is 595 g/mol. The Kier molecular flexibility index (Phi) is 9.00. The summed E-state index contributed by atoms with van der Waals surface area (Å²) in [6, 6.07) is 19.6. The Morgan fingerprint density at radius 1 is 1.05 bits per heavy atom. The quantitative estimate of drug-likeness (QED) is 0.220. The van der Waals surface area contributed by atoms with Crippen molar-refractivity contribution >= 4 is 17.6 Å². The van der Waals surface area contributed by atoms with Crippen LogP contribution < -0.4 is 5.56 Å². The fourth-order valence-corrected chi connectivity index (χ4v) is 6.17. The molecule has 2 aromatic heterocycles. The van der Waals surface area contributed by atoms with Crippen molar-refractivity contribution in [3.8, 4) is 17.2 Å². The second kappa shape index (κ2) is 12.9. The van der Waals surface area contributed by atoms with E-state index in [2.05, 4.69) is 18.1 Å². The van der Waals surface area contributed by atoms with Gasteiger partial charge in [-0.3, -0.25) is 14.2 Å². The minimum absolute atomic E-state index is 0.0169. The average Bonchev–Trinajstić information content (AvgIpc) is 3.49. The van der Waals surface area contributed by atoms with Gasteiger partial charge in [-0.05, 0) is 68.7 Å². The number of carbonyl (C=O) groups excluding carboxylic acids is 2. The minimum Gasteiger partial charge on any atom is -0.459 e. The molecule has 0 spiro atoms. The van der Waals surface area contributed by atoms with Gasteiger partial charge >= 0.3 is 11.9 Å². The molecule has 44 heavy (non-hydrogen) atoms. The number of benzene rings is 2. The molecule has 1 fully saturated rings. The number of fused-ring (bicyclic) bond motifs is 1. The van der Waals surface area contributed by atoms with Crippen molar-refractivity contribution in [2.75, 3.05) is 0 Å². The van der Waals surface area contributed by atoms with Crippen LogP contribution in [-0.2, 0) is 31.9 Å². The van der Waals surface area contributed by atoms with E-state index in [1.807, 2.05) is 63.7 Å². The van der Waals surface area contributed by atoms with Gasteiger partial charge in [-0.25, -0.2) is 9.31 Å². The lowest BCUT2D eigenvalue weighted by molar-refractivity contribution is -0.182. The number of aromatic nitrogens is 3. The molecular weight excluding hydrogens is 556 g/mol. The van der Waals surface area contributed by atoms with Crippen molar-refractivity contribution in [1.29, 1.82) is 5.26 Å². The van der Waals surface area contributed by atoms with Gasteiger partial charge in [0.25, 0.3) is 5.56 Å². The fourth-order valence-electron chi connectivity index (χ4n) is 6.17. The van der Waals surface area contributed by atoms with Crippen LogP contribution in [0.4, 0.5) is 0 Å². The lowest BCUT2D eigenvalue weighted by atomic mass is 9.92. The van der Waals surface area contributed by atoms with E-state index in [-0.39, 0.29) is 17.7 Å². The fraction of sp³-hybridized carbons (Fsp3) is 0.400. The maximum atomic E-state index is 14.3. The van der Waals surface area contributed by atoms with E-state index >= 15 is 0 Å². The van der Waals surface area contributed by atoms with Crippen LogP contribution in [-0.4, -0.2) is 37.8 Å². The molecule has 0 N–H and O–H groups in total. The van der Waals surface area contributed by atoms with Gasteiger partial charge in [0.15, 0.2) is 0 Å². The van der Waals surface area contributed by atoms with Crippen LogP contribution in [0.25, 0.3) is 16.8 Å². The van der Waals surface area contributed by atoms with Crippen LogP contribution in [0.2, 0.25) is 0 Å². The van der Waals surface area contributed by atoms with Crippen molar-refractivity contribution in [2.24, 2.45) is 0 Å². The first kappa shape index (κ1) is 30.7. The summed E-state index contributed by atoms with van der Waals surface area (Å²) in [5, 5.41) is 14.2. The van der Waals surface area contributed by atoms with Crippen LogP contribution in [0.3, 0.4) is 0 Å². The number of esters is 2. The van der Waals surface area contributed by atoms with Crippen LogP contribution in [0.15, 0.2) is 65.6 Å². The van der Waals surface area contributed by atoms with Crippen LogP contribution in [0.1, 0.15) is 88.2 Å². The number of hydrogen-bond acceptors (Lipinski definition) is 7. The second-order valence-corrected chi connectivity index (χ2v) is 11.9. The maximum absolute atomic E-state index is 14.3. The van der Waals surface area contributed by atoms with Gasteiger partial charge in [0, 0.05) is 31.0 Å². The SMILES string of the molecule is CCCc1c(Cc2ccc(-c3ccccc3C#N)cc2)c(=O)n(C2CCC(OC(=O)C(C)(C)OC(C)=O)CC2)c2ccnn12. The Morgan fingerprint density at radius 3 is 2.41 bits per heavy atom. The molecule has 0 atom stereocenters. The zero-order valence-corrected chi connectivity index (χ0v) is 25.7. The number of nitriles is 1. The maximum Gasteiger partial charge on any atom is 0.350 e. The first-order chi connectivity index (χ1) is 21.1. The summed E-state index contributed by atoms with van der Waals surface area (Å²) in [6.07, 6.45) is 5.98. The van der Waals surface area contributed by atoms with Crippen LogP contribution >= 0.6 is 0 Å². The van der Waals surface area contributed by atoms with Crippen LogP contribution in [0.5, 0.6) is 0 Å². The molecule has 228 valence electrons. The lowest BCUT2D eigenvalue weighted by Gasteiger charge is -2.32. The molecular formula is C35H38N4O5. The molecule has 0 amide bonds. The van der Waals surface area contributed by atoms with Gasteiger partial charge in [0.2, 0.25) is 5.60 Å². The predicted molar refractivity (Wildman–Crippen MR) is 166 cm³/mol. The van der Waals surface area contributed by atoms with E-state index in [0.717, 1.165) is 46.4 Å². The molecule has 0 radical (unpaired) electrons. The highest BCUT2D eigenvalue weighted by molar-refractivity contribution is 5.82. The molecule has 2 aromatic carbocycles. The smallest absolute Gasteiger partial charge is 0.350 e. The van der Waals surface area contributed by atoms with Crippen molar-refractivity contribution in [1.82, 2.24) is 14.2 Å². The largest absolute Gasteiger partial charge is 0.459 e. The van der Waals surface area contributed by atoms with E-state index in [4.69, 9.17) is 9.47 Å². The highest BCUT2D eigenvalue weighted by atomic mass is 16.6. The topological polar surface area (TPSA) is 116 Å². The monoisotopic (exact) mass is 594 g/mol. The number of carbonyl (C=O) groups is 2. The third-order valence-corrected chi connectivity index (χ3v) is 8.30. The molecule has 2 heterocycles. The van der Waals surface area contributed by atoms with Gasteiger partial charge in [-0.2, -0.15) is 10.4 Å². The second-order valence-electron chi connectivity index (χ2n) is 11.9. The summed E-state index contributed by atoms with van der Waals surface area (Å²) in [5.74, 6) is -1.11. The number of hydrogen-bond donors (Lipinski definition) is 0. The van der Waals surface area contributed by atoms with Gasteiger partial charge < -0.3 is 9.47 Å². The Hall–Kier alpha value is -4.71. The summed E-state index contributed by atoms with van der Waals surface area (Å²) >= 11 is 0. The Morgan fingerprint density at radius 2 is 1.75 bits per heavy atom. The van der Waals surface area contributed by atoms with E-state index < -0.39 is 17.5 Å². The molecule has 0 aliphatic heterocycles. The molecule has 4 aromatic rings. The Balaban J connectivity index is 1.41. The molecule has 9 nitrogen and oxygen atoms in total. The van der Waals surface area contributed by atoms with E-state index in [0.29, 0.717) is 37.7 Å². The van der Waals surface area contributed by atoms with Gasteiger partial charge in [0.1, 0.15) is 11.8 Å². The Bertz CT molecular complexity index is 1770. The summed E-state index contributed by atoms with van der Waals surface area (Å²) in [4.78, 5) is 38.4. The minimum atomic E-state index is -1.36. The van der Waals surface area contributed by atoms with Crippen molar-refractivity contribution < 1.29 is 19.1 Å². The summed E-state index contributed by atoms with van der Waals surface area (Å²) in [5.41, 5.74) is 4.49. The highest BCUT2D eigenvalue weighted by Gasteiger charge is 2.36. The summed E-state index contributed by atoms with van der Waals surface area (Å²) in [6.45, 7) is 6.41. The summed E-state index contributed by atoms with van der Waals surface area (Å²) < 4.78 is 14.6. The van der Waals surface area contributed by atoms with Gasteiger partial charge in [-0.1, -0.05) is 55.8 Å². The lowest BCUT2D eigenvalue weighted by Crippen LogP contribution is -2.41. The molecule has 0 saturated heterocycles. The highest BCUT2D eigenvalue weighted by Crippen LogP contribution is 2.32. The first-order valence-electron chi connectivity index (χ1n) is 15.2. The normalized spacial score (nSPS) is 16.8. The zero-order valence-electron chi connectivity index (χ0n) is 25.7.